The number of rotatable bonds is 5. The Morgan fingerprint density at radius 1 is 1.38 bits per heavy atom. The Labute approximate surface area is 86.4 Å². The van der Waals surface area contributed by atoms with Gasteiger partial charge in [0.1, 0.15) is 0 Å². The molecule has 0 aromatic heterocycles. The average Bonchev–Trinajstić information content (AvgIpc) is 2.17. The van der Waals surface area contributed by atoms with Crippen molar-refractivity contribution in [2.45, 2.75) is 20.3 Å². The minimum Gasteiger partial charge on any atom is -0.0990 e. The Morgan fingerprint density at radius 3 is 2.46 bits per heavy atom. The first-order valence-corrected chi connectivity index (χ1v) is 4.88. The highest BCUT2D eigenvalue weighted by Gasteiger charge is 1.94. The number of hydrogen-bond donors (Lipinski definition) is 0. The van der Waals surface area contributed by atoms with Crippen molar-refractivity contribution in [1.29, 1.82) is 0 Å². The third-order valence-electron chi connectivity index (χ3n) is 1.60. The minimum absolute atomic E-state index is 1.04. The molecule has 0 fully saturated rings. The van der Waals surface area contributed by atoms with Gasteiger partial charge in [0.15, 0.2) is 0 Å². The van der Waals surface area contributed by atoms with Crippen molar-refractivity contribution in [3.05, 3.63) is 48.1 Å². The van der Waals surface area contributed by atoms with Crippen molar-refractivity contribution in [3.63, 3.8) is 0 Å². The first-order valence-electron chi connectivity index (χ1n) is 4.41. The zero-order valence-corrected chi connectivity index (χ0v) is 9.10. The van der Waals surface area contributed by atoms with Crippen LogP contribution in [0.4, 0.5) is 0 Å². The van der Waals surface area contributed by atoms with Gasteiger partial charge in [0.05, 0.1) is 0 Å². The highest BCUT2D eigenvalue weighted by atomic mass is 32.1. The maximum atomic E-state index is 4.92. The van der Waals surface area contributed by atoms with Gasteiger partial charge in [-0.05, 0) is 24.5 Å². The molecule has 0 aromatic carbocycles. The molecule has 0 aromatic rings. The molecular weight excluding hydrogens is 176 g/mol. The first kappa shape index (κ1) is 12.0. The van der Waals surface area contributed by atoms with Crippen LogP contribution in [-0.2, 0) is 0 Å². The molecule has 0 radical (unpaired) electrons. The second kappa shape index (κ2) is 7.69. The summed E-state index contributed by atoms with van der Waals surface area (Å²) in [6.45, 7) is 7.77. The van der Waals surface area contributed by atoms with Gasteiger partial charge in [-0.25, -0.2) is 0 Å². The summed E-state index contributed by atoms with van der Waals surface area (Å²) < 4.78 is 0. The zero-order valence-electron chi connectivity index (χ0n) is 8.29. The summed E-state index contributed by atoms with van der Waals surface area (Å²) in [5.74, 6) is 0. The third-order valence-corrected chi connectivity index (χ3v) is 1.86. The smallest absolute Gasteiger partial charge is 0.00920 e. The topological polar surface area (TPSA) is 0 Å². The van der Waals surface area contributed by atoms with Crippen LogP contribution in [0.2, 0.25) is 0 Å². The quantitative estimate of drug-likeness (QED) is 0.360. The Morgan fingerprint density at radius 2 is 2.08 bits per heavy atom. The van der Waals surface area contributed by atoms with Crippen LogP contribution in [0.3, 0.4) is 0 Å². The fraction of sp³-hybridized carbons (Fsp3) is 0.250. The summed E-state index contributed by atoms with van der Waals surface area (Å²) in [6, 6.07) is 0. The lowest BCUT2D eigenvalue weighted by Crippen LogP contribution is -1.85. The van der Waals surface area contributed by atoms with E-state index < -0.39 is 0 Å². The van der Waals surface area contributed by atoms with Gasteiger partial charge >= 0.3 is 0 Å². The fourth-order valence-corrected chi connectivity index (χ4v) is 1.15. The number of allylic oxidation sites excluding steroid dienone is 7. The van der Waals surface area contributed by atoms with E-state index >= 15 is 0 Å². The van der Waals surface area contributed by atoms with E-state index in [1.54, 1.807) is 11.4 Å². The van der Waals surface area contributed by atoms with Crippen LogP contribution >= 0.6 is 12.2 Å². The summed E-state index contributed by atoms with van der Waals surface area (Å²) in [4.78, 5) is 0. The average molecular weight is 192 g/mol. The van der Waals surface area contributed by atoms with Crippen LogP contribution in [0.25, 0.3) is 0 Å². The van der Waals surface area contributed by atoms with E-state index in [1.165, 1.54) is 0 Å². The van der Waals surface area contributed by atoms with E-state index in [-0.39, 0.29) is 0 Å². The molecule has 0 aliphatic rings. The lowest BCUT2D eigenvalue weighted by atomic mass is 10.1. The van der Waals surface area contributed by atoms with E-state index in [0.717, 1.165) is 17.6 Å². The Bertz CT molecular complexity index is 254. The van der Waals surface area contributed by atoms with Crippen molar-refractivity contribution in [3.8, 4) is 0 Å². The molecule has 0 atom stereocenters. The molecule has 0 spiro atoms. The van der Waals surface area contributed by atoms with E-state index in [0.29, 0.717) is 0 Å². The first-order chi connectivity index (χ1) is 6.29. The van der Waals surface area contributed by atoms with Crippen LogP contribution in [0.15, 0.2) is 48.1 Å². The monoisotopic (exact) mass is 192 g/mol. The van der Waals surface area contributed by atoms with Crippen LogP contribution in [0.5, 0.6) is 0 Å². The van der Waals surface area contributed by atoms with E-state index in [1.807, 2.05) is 19.1 Å². The highest BCUT2D eigenvalue weighted by Crippen LogP contribution is 2.10. The molecule has 0 rings (SSSR count). The van der Waals surface area contributed by atoms with Crippen molar-refractivity contribution >= 4 is 17.6 Å². The molecule has 0 amide bonds. The van der Waals surface area contributed by atoms with E-state index in [4.69, 9.17) is 12.2 Å². The fourth-order valence-electron chi connectivity index (χ4n) is 0.934. The molecule has 1 heteroatoms. The molecule has 0 saturated heterocycles. The predicted octanol–water partition coefficient (Wildman–Crippen LogP) is 4.01. The normalized spacial score (nSPS) is 13.4. The maximum Gasteiger partial charge on any atom is 0.00920 e. The molecule has 0 saturated carbocycles. The van der Waals surface area contributed by atoms with Crippen molar-refractivity contribution < 1.29 is 0 Å². The van der Waals surface area contributed by atoms with Crippen molar-refractivity contribution in [1.82, 2.24) is 0 Å². The molecular formula is C12H16S. The van der Waals surface area contributed by atoms with Gasteiger partial charge in [-0.2, -0.15) is 0 Å². The summed E-state index contributed by atoms with van der Waals surface area (Å²) in [6.07, 6.45) is 11.0. The zero-order chi connectivity index (χ0) is 10.1. The van der Waals surface area contributed by atoms with Gasteiger partial charge in [0, 0.05) is 5.37 Å². The number of hydrogen-bond acceptors (Lipinski definition) is 1. The summed E-state index contributed by atoms with van der Waals surface area (Å²) in [5.41, 5.74) is 2.19. The SMILES string of the molecule is C=C/C=C(/C=S)C(=CC)/C=C\CC. The number of thiocarbonyl (C=S) groups is 1. The molecule has 70 valence electrons. The lowest BCUT2D eigenvalue weighted by Gasteiger charge is -1.99. The van der Waals surface area contributed by atoms with Crippen LogP contribution in [0.1, 0.15) is 20.3 Å². The molecule has 0 aliphatic carbocycles. The second-order valence-corrected chi connectivity index (χ2v) is 2.77. The Balaban J connectivity index is 4.75. The van der Waals surface area contributed by atoms with Crippen LogP contribution in [-0.4, -0.2) is 5.37 Å². The molecule has 0 unspecified atom stereocenters. The molecule has 0 bridgehead atoms. The lowest BCUT2D eigenvalue weighted by molar-refractivity contribution is 1.22. The Hall–Kier alpha value is -0.950. The predicted molar refractivity (Wildman–Crippen MR) is 65.1 cm³/mol. The Kier molecular flexibility index (Phi) is 7.12. The standard InChI is InChI=1S/C12H16S/c1-4-7-9-11(6-3)12(10-13)8-5-2/h5-10H,2,4H2,1,3H3/b9-7-,11-6?,12-8-. The highest BCUT2D eigenvalue weighted by molar-refractivity contribution is 7.79. The molecule has 0 heterocycles. The molecule has 0 aliphatic heterocycles. The molecule has 0 N–H and O–H groups in total. The van der Waals surface area contributed by atoms with Crippen LogP contribution < -0.4 is 0 Å². The van der Waals surface area contributed by atoms with Crippen molar-refractivity contribution in [2.75, 3.05) is 0 Å². The van der Waals surface area contributed by atoms with Crippen molar-refractivity contribution in [2.24, 2.45) is 0 Å². The largest absolute Gasteiger partial charge is 0.0990 e. The van der Waals surface area contributed by atoms with Gasteiger partial charge in [0.25, 0.3) is 0 Å². The summed E-state index contributed by atoms with van der Waals surface area (Å²) in [7, 11) is 0. The second-order valence-electron chi connectivity index (χ2n) is 2.53. The van der Waals surface area contributed by atoms with Gasteiger partial charge in [-0.1, -0.05) is 56.1 Å². The van der Waals surface area contributed by atoms with Gasteiger partial charge in [-0.3, -0.25) is 0 Å². The minimum atomic E-state index is 1.04. The molecule has 0 nitrogen and oxygen atoms in total. The molecule has 13 heavy (non-hydrogen) atoms. The van der Waals surface area contributed by atoms with E-state index in [9.17, 15) is 0 Å². The summed E-state index contributed by atoms with van der Waals surface area (Å²) in [5, 5.41) is 1.68. The van der Waals surface area contributed by atoms with E-state index in [2.05, 4.69) is 25.7 Å². The van der Waals surface area contributed by atoms with Gasteiger partial charge < -0.3 is 0 Å². The maximum absolute atomic E-state index is 4.92. The summed E-state index contributed by atoms with van der Waals surface area (Å²) >= 11 is 4.92. The van der Waals surface area contributed by atoms with Gasteiger partial charge in [-0.15, -0.1) is 0 Å². The van der Waals surface area contributed by atoms with Crippen LogP contribution in [0, 0.1) is 0 Å². The van der Waals surface area contributed by atoms with Gasteiger partial charge in [0.2, 0.25) is 0 Å². The third kappa shape index (κ3) is 4.58.